The summed E-state index contributed by atoms with van der Waals surface area (Å²) in [5.74, 6) is 0. The molecule has 66 valence electrons. The van der Waals surface area contributed by atoms with Gasteiger partial charge in [-0.3, -0.25) is 10.1 Å². The molecule has 0 bridgehead atoms. The molecule has 0 saturated heterocycles. The first-order chi connectivity index (χ1) is 6.16. The van der Waals surface area contributed by atoms with Crippen LogP contribution in [-0.4, -0.2) is 4.92 Å². The molecule has 0 aliphatic carbocycles. The summed E-state index contributed by atoms with van der Waals surface area (Å²) < 4.78 is 0.565. The summed E-state index contributed by atoms with van der Waals surface area (Å²) in [6.45, 7) is 0. The van der Waals surface area contributed by atoms with Crippen LogP contribution in [0.5, 0.6) is 0 Å². The second-order valence-corrected chi connectivity index (χ2v) is 3.50. The van der Waals surface area contributed by atoms with Crippen LogP contribution in [0.1, 0.15) is 5.56 Å². The second-order valence-electron chi connectivity index (χ2n) is 2.34. The van der Waals surface area contributed by atoms with Crippen molar-refractivity contribution in [3.63, 3.8) is 0 Å². The highest BCUT2D eigenvalue weighted by Crippen LogP contribution is 2.25. The number of benzene rings is 1. The number of halogens is 1. The number of hydrogen-bond donors (Lipinski definition) is 0. The van der Waals surface area contributed by atoms with E-state index in [4.69, 9.17) is 5.26 Å². The van der Waals surface area contributed by atoms with E-state index in [0.717, 1.165) is 0 Å². The van der Waals surface area contributed by atoms with Gasteiger partial charge in [-0.25, -0.2) is 0 Å². The Kier molecular flexibility index (Phi) is 3.19. The molecule has 0 aliphatic rings. The van der Waals surface area contributed by atoms with Crippen molar-refractivity contribution in [1.82, 2.24) is 0 Å². The molecule has 13 heavy (non-hydrogen) atoms. The lowest BCUT2D eigenvalue weighted by Crippen LogP contribution is -1.97. The molecule has 1 aromatic rings. The summed E-state index contributed by atoms with van der Waals surface area (Å²) in [5.41, 5.74) is 0.518. The Morgan fingerprint density at radius 1 is 1.62 bits per heavy atom. The van der Waals surface area contributed by atoms with Crippen LogP contribution in [0.3, 0.4) is 0 Å². The van der Waals surface area contributed by atoms with E-state index in [-0.39, 0.29) is 12.1 Å². The van der Waals surface area contributed by atoms with E-state index in [1.807, 2.05) is 28.7 Å². The standard InChI is InChI=1S/C8H5IN2O2/c9-7-3-1-2-6(4-5-10)8(7)11(12)13/h1-3H,4H2. The van der Waals surface area contributed by atoms with Gasteiger partial charge < -0.3 is 0 Å². The van der Waals surface area contributed by atoms with Gasteiger partial charge in [-0.05, 0) is 28.7 Å². The summed E-state index contributed by atoms with van der Waals surface area (Å²) in [6, 6.07) is 6.86. The van der Waals surface area contributed by atoms with Gasteiger partial charge in [0.15, 0.2) is 0 Å². The van der Waals surface area contributed by atoms with Gasteiger partial charge in [0.05, 0.1) is 21.0 Å². The lowest BCUT2D eigenvalue weighted by Gasteiger charge is -1.99. The predicted molar refractivity (Wildman–Crippen MR) is 55.1 cm³/mol. The lowest BCUT2D eigenvalue weighted by atomic mass is 10.1. The van der Waals surface area contributed by atoms with Crippen LogP contribution < -0.4 is 0 Å². The molecular weight excluding hydrogens is 283 g/mol. The maximum atomic E-state index is 10.6. The number of rotatable bonds is 2. The minimum absolute atomic E-state index is 0.0460. The van der Waals surface area contributed by atoms with Crippen molar-refractivity contribution in [2.75, 3.05) is 0 Å². The molecule has 0 aliphatic heterocycles. The average Bonchev–Trinajstić information content (AvgIpc) is 2.04. The van der Waals surface area contributed by atoms with Gasteiger partial charge in [-0.15, -0.1) is 0 Å². The highest BCUT2D eigenvalue weighted by molar-refractivity contribution is 14.1. The fourth-order valence-corrected chi connectivity index (χ4v) is 1.74. The molecule has 0 amide bonds. The van der Waals surface area contributed by atoms with E-state index in [2.05, 4.69) is 0 Å². The molecule has 0 N–H and O–H groups in total. The van der Waals surface area contributed by atoms with Crippen molar-refractivity contribution >= 4 is 28.3 Å². The summed E-state index contributed by atoms with van der Waals surface area (Å²) in [7, 11) is 0. The third kappa shape index (κ3) is 2.15. The Bertz CT molecular complexity index is 384. The fourth-order valence-electron chi connectivity index (χ4n) is 0.992. The number of nitro groups is 1. The van der Waals surface area contributed by atoms with Crippen molar-refractivity contribution in [2.24, 2.45) is 0 Å². The zero-order valence-electron chi connectivity index (χ0n) is 6.53. The van der Waals surface area contributed by atoms with Crippen molar-refractivity contribution in [3.8, 4) is 6.07 Å². The smallest absolute Gasteiger partial charge is 0.258 e. The molecule has 0 fully saturated rings. The highest BCUT2D eigenvalue weighted by atomic mass is 127. The van der Waals surface area contributed by atoms with Gasteiger partial charge in [0, 0.05) is 5.56 Å². The molecule has 0 unspecified atom stereocenters. The fraction of sp³-hybridized carbons (Fsp3) is 0.125. The molecule has 1 aromatic carbocycles. The van der Waals surface area contributed by atoms with Crippen LogP contribution in [0.2, 0.25) is 0 Å². The molecule has 4 nitrogen and oxygen atoms in total. The van der Waals surface area contributed by atoms with Gasteiger partial charge in [-0.2, -0.15) is 5.26 Å². The summed E-state index contributed by atoms with van der Waals surface area (Å²) >= 11 is 1.89. The normalized spacial score (nSPS) is 9.23. The number of nitriles is 1. The Balaban J connectivity index is 3.27. The largest absolute Gasteiger partial charge is 0.286 e. The Morgan fingerprint density at radius 2 is 2.31 bits per heavy atom. The van der Waals surface area contributed by atoms with E-state index in [0.29, 0.717) is 9.13 Å². The van der Waals surface area contributed by atoms with E-state index in [9.17, 15) is 10.1 Å². The molecule has 5 heteroatoms. The quantitative estimate of drug-likeness (QED) is 0.476. The van der Waals surface area contributed by atoms with Gasteiger partial charge in [0.2, 0.25) is 0 Å². The summed E-state index contributed by atoms with van der Waals surface area (Å²) in [5, 5.41) is 19.1. The van der Waals surface area contributed by atoms with Gasteiger partial charge in [0.25, 0.3) is 5.69 Å². The molecule has 0 radical (unpaired) electrons. The van der Waals surface area contributed by atoms with E-state index in [1.54, 1.807) is 18.2 Å². The third-order valence-electron chi connectivity index (χ3n) is 1.52. The monoisotopic (exact) mass is 288 g/mol. The van der Waals surface area contributed by atoms with Crippen LogP contribution in [0.15, 0.2) is 18.2 Å². The van der Waals surface area contributed by atoms with Crippen molar-refractivity contribution in [1.29, 1.82) is 5.26 Å². The van der Waals surface area contributed by atoms with Gasteiger partial charge in [-0.1, -0.05) is 12.1 Å². The SMILES string of the molecule is N#CCc1cccc(I)c1[N+](=O)[O-]. The molecule has 0 heterocycles. The zero-order valence-corrected chi connectivity index (χ0v) is 8.69. The van der Waals surface area contributed by atoms with Gasteiger partial charge in [0.1, 0.15) is 0 Å². The minimum Gasteiger partial charge on any atom is -0.258 e. The number of nitrogens with zero attached hydrogens (tertiary/aromatic N) is 2. The van der Waals surface area contributed by atoms with Crippen molar-refractivity contribution in [3.05, 3.63) is 37.4 Å². The summed E-state index contributed by atoms with van der Waals surface area (Å²) in [6.07, 6.45) is 0.0765. The third-order valence-corrected chi connectivity index (χ3v) is 2.39. The first-order valence-electron chi connectivity index (χ1n) is 3.45. The van der Waals surface area contributed by atoms with Crippen molar-refractivity contribution in [2.45, 2.75) is 6.42 Å². The molecule has 0 atom stereocenters. The maximum absolute atomic E-state index is 10.6. The summed E-state index contributed by atoms with van der Waals surface area (Å²) in [4.78, 5) is 10.2. The van der Waals surface area contributed by atoms with E-state index >= 15 is 0 Å². The van der Waals surface area contributed by atoms with Crippen LogP contribution in [0.25, 0.3) is 0 Å². The number of nitro benzene ring substituents is 1. The second kappa shape index (κ2) is 4.18. The lowest BCUT2D eigenvalue weighted by molar-refractivity contribution is -0.386. The average molecular weight is 288 g/mol. The van der Waals surface area contributed by atoms with E-state index in [1.165, 1.54) is 0 Å². The van der Waals surface area contributed by atoms with Gasteiger partial charge >= 0.3 is 0 Å². The van der Waals surface area contributed by atoms with Crippen LogP contribution >= 0.6 is 22.6 Å². The Labute approximate surface area is 88.5 Å². The minimum atomic E-state index is -0.450. The molecule has 1 rings (SSSR count). The Hall–Kier alpha value is -1.16. The maximum Gasteiger partial charge on any atom is 0.286 e. The van der Waals surface area contributed by atoms with Crippen LogP contribution in [0, 0.1) is 25.0 Å². The molecular formula is C8H5IN2O2. The highest BCUT2D eigenvalue weighted by Gasteiger charge is 2.16. The van der Waals surface area contributed by atoms with Crippen LogP contribution in [-0.2, 0) is 6.42 Å². The van der Waals surface area contributed by atoms with Crippen molar-refractivity contribution < 1.29 is 4.92 Å². The first-order valence-corrected chi connectivity index (χ1v) is 4.53. The first kappa shape index (κ1) is 9.92. The predicted octanol–water partition coefficient (Wildman–Crippen LogP) is 2.27. The van der Waals surface area contributed by atoms with E-state index < -0.39 is 4.92 Å². The van der Waals surface area contributed by atoms with Crippen LogP contribution in [0.4, 0.5) is 5.69 Å². The molecule has 0 aromatic heterocycles. The zero-order chi connectivity index (χ0) is 9.84. The topological polar surface area (TPSA) is 66.9 Å². The molecule has 0 saturated carbocycles. The molecule has 0 spiro atoms. The Morgan fingerprint density at radius 3 is 2.85 bits per heavy atom. The number of para-hydroxylation sites is 1. The number of hydrogen-bond acceptors (Lipinski definition) is 3.